The molecule has 0 aromatic heterocycles. The van der Waals surface area contributed by atoms with E-state index < -0.39 is 6.10 Å². The van der Waals surface area contributed by atoms with Crippen molar-refractivity contribution in [3.8, 4) is 11.8 Å². The quantitative estimate of drug-likeness (QED) is 0.526. The molecule has 1 aromatic carbocycles. The molecule has 0 N–H and O–H groups in total. The van der Waals surface area contributed by atoms with Crippen molar-refractivity contribution < 1.29 is 19.1 Å². The minimum absolute atomic E-state index is 0.114. The van der Waals surface area contributed by atoms with E-state index in [-0.39, 0.29) is 24.3 Å². The van der Waals surface area contributed by atoms with Crippen molar-refractivity contribution in [1.29, 1.82) is 5.26 Å². The topological polar surface area (TPSA) is 76.4 Å². The molecule has 0 saturated heterocycles. The summed E-state index contributed by atoms with van der Waals surface area (Å²) >= 11 is 0. The normalized spacial score (nSPS) is 16.6. The first kappa shape index (κ1) is 19.0. The number of nitrogens with zero attached hydrogens (tertiary/aromatic N) is 1. The second kappa shape index (κ2) is 9.83. The van der Waals surface area contributed by atoms with Crippen molar-refractivity contribution >= 4 is 11.9 Å². The van der Waals surface area contributed by atoms with Crippen LogP contribution in [0.1, 0.15) is 51.9 Å². The second-order valence-corrected chi connectivity index (χ2v) is 6.60. The third-order valence-electron chi connectivity index (χ3n) is 4.68. The summed E-state index contributed by atoms with van der Waals surface area (Å²) in [6.45, 7) is 1.55. The molecule has 25 heavy (non-hydrogen) atoms. The van der Waals surface area contributed by atoms with Crippen molar-refractivity contribution in [3.05, 3.63) is 30.3 Å². The Hall–Kier alpha value is -2.35. The number of ether oxygens (including phenoxy) is 2. The SMILES string of the molecule is CC(C#N)OC(=O)CCC(CC(=O)Oc1ccccc1)C1CCCC1. The van der Waals surface area contributed by atoms with Gasteiger partial charge in [0.2, 0.25) is 0 Å². The Morgan fingerprint density at radius 3 is 2.52 bits per heavy atom. The van der Waals surface area contributed by atoms with Crippen LogP contribution in [0.3, 0.4) is 0 Å². The van der Waals surface area contributed by atoms with Crippen molar-refractivity contribution in [2.75, 3.05) is 0 Å². The molecule has 134 valence electrons. The zero-order valence-electron chi connectivity index (χ0n) is 14.6. The molecule has 0 heterocycles. The van der Waals surface area contributed by atoms with Gasteiger partial charge in [0.1, 0.15) is 11.8 Å². The molecule has 0 radical (unpaired) electrons. The van der Waals surface area contributed by atoms with Gasteiger partial charge < -0.3 is 9.47 Å². The lowest BCUT2D eigenvalue weighted by atomic mass is 9.84. The Kier molecular flexibility index (Phi) is 7.46. The van der Waals surface area contributed by atoms with Gasteiger partial charge in [-0.3, -0.25) is 9.59 Å². The van der Waals surface area contributed by atoms with Gasteiger partial charge in [-0.25, -0.2) is 0 Å². The van der Waals surface area contributed by atoms with Crippen LogP contribution in [0, 0.1) is 23.2 Å². The number of carbonyl (C=O) groups is 2. The molecule has 1 aromatic rings. The molecule has 1 aliphatic rings. The van der Waals surface area contributed by atoms with Gasteiger partial charge in [0.05, 0.1) is 0 Å². The summed E-state index contributed by atoms with van der Waals surface area (Å²) in [4.78, 5) is 24.1. The Bertz CT molecular complexity index is 602. The fourth-order valence-electron chi connectivity index (χ4n) is 3.39. The number of hydrogen-bond donors (Lipinski definition) is 0. The summed E-state index contributed by atoms with van der Waals surface area (Å²) in [5, 5.41) is 8.70. The molecule has 0 spiro atoms. The lowest BCUT2D eigenvalue weighted by molar-refractivity contribution is -0.147. The molecule has 2 unspecified atom stereocenters. The standard InChI is InChI=1S/C20H25NO4/c1-15(14-21)24-19(22)12-11-17(16-7-5-6-8-16)13-20(23)25-18-9-3-2-4-10-18/h2-4,9-10,15-17H,5-8,11-13H2,1H3. The molecular formula is C20H25NO4. The average molecular weight is 343 g/mol. The summed E-state index contributed by atoms with van der Waals surface area (Å²) in [6, 6.07) is 10.9. The van der Waals surface area contributed by atoms with E-state index in [1.165, 1.54) is 12.8 Å². The highest BCUT2D eigenvalue weighted by atomic mass is 16.5. The van der Waals surface area contributed by atoms with E-state index in [1.807, 2.05) is 24.3 Å². The van der Waals surface area contributed by atoms with E-state index in [0.717, 1.165) is 12.8 Å². The number of carbonyl (C=O) groups excluding carboxylic acids is 2. The van der Waals surface area contributed by atoms with Gasteiger partial charge in [0.15, 0.2) is 6.10 Å². The predicted octanol–water partition coefficient (Wildman–Crippen LogP) is 4.02. The molecular weight excluding hydrogens is 318 g/mol. The van der Waals surface area contributed by atoms with Crippen molar-refractivity contribution in [2.24, 2.45) is 11.8 Å². The van der Waals surface area contributed by atoms with E-state index in [4.69, 9.17) is 14.7 Å². The van der Waals surface area contributed by atoms with Gasteiger partial charge in [-0.1, -0.05) is 43.9 Å². The highest BCUT2D eigenvalue weighted by Crippen LogP contribution is 2.36. The monoisotopic (exact) mass is 343 g/mol. The molecule has 5 heteroatoms. The van der Waals surface area contributed by atoms with Crippen LogP contribution in [0.25, 0.3) is 0 Å². The summed E-state index contributed by atoms with van der Waals surface area (Å²) in [5.41, 5.74) is 0. The van der Waals surface area contributed by atoms with Crippen LogP contribution in [-0.2, 0) is 14.3 Å². The van der Waals surface area contributed by atoms with E-state index >= 15 is 0 Å². The Labute approximate surface area is 148 Å². The fourth-order valence-corrected chi connectivity index (χ4v) is 3.39. The third-order valence-corrected chi connectivity index (χ3v) is 4.68. The zero-order valence-corrected chi connectivity index (χ0v) is 14.6. The fraction of sp³-hybridized carbons (Fsp3) is 0.550. The maximum atomic E-state index is 12.3. The summed E-state index contributed by atoms with van der Waals surface area (Å²) < 4.78 is 10.4. The third kappa shape index (κ3) is 6.58. The maximum Gasteiger partial charge on any atom is 0.311 e. The smallest absolute Gasteiger partial charge is 0.311 e. The van der Waals surface area contributed by atoms with Crippen molar-refractivity contribution in [2.45, 2.75) is 58.0 Å². The minimum Gasteiger partial charge on any atom is -0.447 e. The van der Waals surface area contributed by atoms with E-state index in [2.05, 4.69) is 0 Å². The first-order valence-electron chi connectivity index (χ1n) is 8.93. The number of hydrogen-bond acceptors (Lipinski definition) is 5. The molecule has 2 atom stereocenters. The second-order valence-electron chi connectivity index (χ2n) is 6.60. The van der Waals surface area contributed by atoms with Crippen LogP contribution in [0.2, 0.25) is 0 Å². The van der Waals surface area contributed by atoms with Gasteiger partial charge in [-0.2, -0.15) is 5.26 Å². The number of esters is 2. The molecule has 5 nitrogen and oxygen atoms in total. The number of rotatable bonds is 8. The van der Waals surface area contributed by atoms with Crippen LogP contribution in [0.5, 0.6) is 5.75 Å². The number of nitriles is 1. The molecule has 0 bridgehead atoms. The Morgan fingerprint density at radius 2 is 1.88 bits per heavy atom. The van der Waals surface area contributed by atoms with Crippen LogP contribution in [0.4, 0.5) is 0 Å². The minimum atomic E-state index is -0.736. The maximum absolute atomic E-state index is 12.3. The lowest BCUT2D eigenvalue weighted by Gasteiger charge is -2.22. The van der Waals surface area contributed by atoms with E-state index in [9.17, 15) is 9.59 Å². The number of benzene rings is 1. The van der Waals surface area contributed by atoms with Crippen molar-refractivity contribution in [3.63, 3.8) is 0 Å². The van der Waals surface area contributed by atoms with Gasteiger partial charge in [0, 0.05) is 12.8 Å². The summed E-state index contributed by atoms with van der Waals surface area (Å²) in [7, 11) is 0. The predicted molar refractivity (Wildman–Crippen MR) is 92.5 cm³/mol. The lowest BCUT2D eigenvalue weighted by Crippen LogP contribution is -2.22. The molecule has 1 aliphatic carbocycles. The highest BCUT2D eigenvalue weighted by Gasteiger charge is 2.28. The van der Waals surface area contributed by atoms with Crippen LogP contribution in [-0.4, -0.2) is 18.0 Å². The summed E-state index contributed by atoms with van der Waals surface area (Å²) in [6.07, 6.45) is 4.91. The van der Waals surface area contributed by atoms with Gasteiger partial charge in [0.25, 0.3) is 0 Å². The first-order chi connectivity index (χ1) is 12.1. The van der Waals surface area contributed by atoms with Gasteiger partial charge in [-0.15, -0.1) is 0 Å². The van der Waals surface area contributed by atoms with E-state index in [0.29, 0.717) is 24.5 Å². The van der Waals surface area contributed by atoms with Crippen LogP contribution >= 0.6 is 0 Å². The molecule has 1 saturated carbocycles. The Balaban J connectivity index is 1.88. The van der Waals surface area contributed by atoms with Crippen LogP contribution in [0.15, 0.2) is 30.3 Å². The number of para-hydroxylation sites is 1. The molecule has 2 rings (SSSR count). The largest absolute Gasteiger partial charge is 0.447 e. The molecule has 0 amide bonds. The Morgan fingerprint density at radius 1 is 1.20 bits per heavy atom. The van der Waals surface area contributed by atoms with Gasteiger partial charge in [-0.05, 0) is 37.3 Å². The first-order valence-corrected chi connectivity index (χ1v) is 8.93. The highest BCUT2D eigenvalue weighted by molar-refractivity contribution is 5.73. The molecule has 1 fully saturated rings. The van der Waals surface area contributed by atoms with Gasteiger partial charge >= 0.3 is 11.9 Å². The van der Waals surface area contributed by atoms with E-state index in [1.54, 1.807) is 19.1 Å². The van der Waals surface area contributed by atoms with Crippen molar-refractivity contribution in [1.82, 2.24) is 0 Å². The zero-order chi connectivity index (χ0) is 18.1. The summed E-state index contributed by atoms with van der Waals surface area (Å²) in [5.74, 6) is 0.462. The molecule has 0 aliphatic heterocycles. The van der Waals surface area contributed by atoms with Crippen LogP contribution < -0.4 is 4.74 Å². The average Bonchev–Trinajstić information content (AvgIpc) is 3.13.